The molecule has 0 saturated carbocycles. The lowest BCUT2D eigenvalue weighted by Gasteiger charge is -2.20. The lowest BCUT2D eigenvalue weighted by Crippen LogP contribution is -2.53. The first-order valence-corrected chi connectivity index (χ1v) is 7.22. The van der Waals surface area contributed by atoms with E-state index in [1.165, 1.54) is 6.92 Å². The van der Waals surface area contributed by atoms with E-state index in [4.69, 9.17) is 5.41 Å². The summed E-state index contributed by atoms with van der Waals surface area (Å²) in [5.41, 5.74) is -4.06. The van der Waals surface area contributed by atoms with Gasteiger partial charge < -0.3 is 4.65 Å². The molecule has 0 aromatic heterocycles. The van der Waals surface area contributed by atoms with Crippen molar-refractivity contribution in [2.45, 2.75) is 13.3 Å². The van der Waals surface area contributed by atoms with Gasteiger partial charge in [0.05, 0.1) is 0 Å². The third kappa shape index (κ3) is 3.29. The molecule has 0 saturated heterocycles. The van der Waals surface area contributed by atoms with Crippen molar-refractivity contribution < 1.29 is 48.6 Å². The van der Waals surface area contributed by atoms with Crippen molar-refractivity contribution in [3.8, 4) is 0 Å². The van der Waals surface area contributed by atoms with Crippen LogP contribution in [0.15, 0.2) is 0 Å². The molecule has 0 fully saturated rings. The van der Waals surface area contributed by atoms with Gasteiger partial charge in [0.25, 0.3) is 0 Å². The van der Waals surface area contributed by atoms with Crippen molar-refractivity contribution in [3.63, 3.8) is 0 Å². The van der Waals surface area contributed by atoms with Crippen molar-refractivity contribution in [2.24, 2.45) is 0 Å². The van der Waals surface area contributed by atoms with E-state index in [9.17, 15) is 43.9 Å². The molecule has 2 aromatic carbocycles. The average molecular weight is 417 g/mol. The minimum absolute atomic E-state index is 0.415. The smallest absolute Gasteiger partial charge is 0.439 e. The molecular formula is C15H6BF10NO. The van der Waals surface area contributed by atoms with Crippen LogP contribution in [0.1, 0.15) is 13.3 Å². The van der Waals surface area contributed by atoms with Gasteiger partial charge in [-0.3, -0.25) is 5.41 Å². The van der Waals surface area contributed by atoms with E-state index in [0.717, 1.165) is 0 Å². The zero-order valence-corrected chi connectivity index (χ0v) is 13.5. The van der Waals surface area contributed by atoms with Crippen LogP contribution in [0.25, 0.3) is 0 Å². The molecule has 0 aliphatic rings. The van der Waals surface area contributed by atoms with Crippen molar-refractivity contribution in [1.29, 1.82) is 5.41 Å². The lowest BCUT2D eigenvalue weighted by atomic mass is 9.54. The molecule has 0 aliphatic carbocycles. The first-order chi connectivity index (χ1) is 12.9. The highest BCUT2D eigenvalue weighted by Crippen LogP contribution is 2.21. The second kappa shape index (κ2) is 7.72. The molecule has 0 atom stereocenters. The molecule has 2 rings (SSSR count). The molecule has 0 heterocycles. The third-order valence-electron chi connectivity index (χ3n) is 3.59. The molecule has 0 spiro atoms. The van der Waals surface area contributed by atoms with Gasteiger partial charge in [-0.15, -0.1) is 0 Å². The number of rotatable bonds is 4. The van der Waals surface area contributed by atoms with E-state index in [1.807, 2.05) is 0 Å². The van der Waals surface area contributed by atoms with E-state index in [-0.39, 0.29) is 0 Å². The van der Waals surface area contributed by atoms with Gasteiger partial charge in [0.15, 0.2) is 64.1 Å². The van der Waals surface area contributed by atoms with Gasteiger partial charge in [-0.2, -0.15) is 0 Å². The van der Waals surface area contributed by atoms with Crippen LogP contribution in [0.3, 0.4) is 0 Å². The van der Waals surface area contributed by atoms with Crippen molar-refractivity contribution in [1.82, 2.24) is 0 Å². The average Bonchev–Trinajstić information content (AvgIpc) is 2.67. The maximum absolute atomic E-state index is 14.1. The highest BCUT2D eigenvalue weighted by Gasteiger charge is 2.43. The molecule has 0 radical (unpaired) electrons. The van der Waals surface area contributed by atoms with E-state index in [1.54, 1.807) is 0 Å². The quantitative estimate of drug-likeness (QED) is 0.203. The fourth-order valence-corrected chi connectivity index (χ4v) is 2.19. The maximum Gasteiger partial charge on any atom is 0.439 e. The topological polar surface area (TPSA) is 33.1 Å². The molecule has 150 valence electrons. The van der Waals surface area contributed by atoms with Gasteiger partial charge in [-0.25, -0.2) is 43.9 Å². The van der Waals surface area contributed by atoms with Gasteiger partial charge in [0.1, 0.15) is 0 Å². The Bertz CT molecular complexity index is 853. The second-order valence-electron chi connectivity index (χ2n) is 5.24. The summed E-state index contributed by atoms with van der Waals surface area (Å²) in [6, 6.07) is 0. The Hall–Kier alpha value is -2.73. The van der Waals surface area contributed by atoms with Crippen LogP contribution in [-0.4, -0.2) is 12.8 Å². The van der Waals surface area contributed by atoms with Crippen LogP contribution < -0.4 is 10.9 Å². The first kappa shape index (κ1) is 21.6. The Morgan fingerprint density at radius 1 is 0.607 bits per heavy atom. The molecule has 13 heteroatoms. The summed E-state index contributed by atoms with van der Waals surface area (Å²) >= 11 is 0. The number of benzene rings is 2. The summed E-state index contributed by atoms with van der Waals surface area (Å²) in [4.78, 5) is 0. The SMILES string of the molecule is CCC(=N)OB(c1c(F)c(F)c(F)c(F)c1F)c1c(F)c(F)c(F)c(F)c1F. The van der Waals surface area contributed by atoms with Crippen molar-refractivity contribution in [2.75, 3.05) is 0 Å². The Balaban J connectivity index is 2.95. The first-order valence-electron chi connectivity index (χ1n) is 7.22. The van der Waals surface area contributed by atoms with Gasteiger partial charge in [0.2, 0.25) is 0 Å². The fraction of sp³-hybridized carbons (Fsp3) is 0.133. The molecule has 0 unspecified atom stereocenters. The molecular weight excluding hydrogens is 411 g/mol. The van der Waals surface area contributed by atoms with Crippen molar-refractivity contribution in [3.05, 3.63) is 58.2 Å². The zero-order valence-electron chi connectivity index (χ0n) is 13.5. The van der Waals surface area contributed by atoms with Gasteiger partial charge in [-0.05, 0) is 0 Å². The number of hydrogen-bond acceptors (Lipinski definition) is 2. The standard InChI is InChI=1S/C15H6BF10NO/c1-2-3(27)28-16(4-6(17)10(21)14(25)11(22)7(4)18)5-8(19)12(23)15(26)13(24)9(5)20/h27H,2H2,1H3. The molecule has 1 N–H and O–H groups in total. The van der Waals surface area contributed by atoms with E-state index in [0.29, 0.717) is 0 Å². The van der Waals surface area contributed by atoms with Crippen LogP contribution in [0.2, 0.25) is 0 Å². The summed E-state index contributed by atoms with van der Waals surface area (Å²) < 4.78 is 141. The summed E-state index contributed by atoms with van der Waals surface area (Å²) in [5.74, 6) is -27.0. The summed E-state index contributed by atoms with van der Waals surface area (Å²) in [6.45, 7) is -1.85. The number of hydrogen-bond donors (Lipinski definition) is 1. The normalized spacial score (nSPS) is 11.0. The van der Waals surface area contributed by atoms with E-state index < -0.39 is 88.3 Å². The minimum Gasteiger partial charge on any atom is -0.541 e. The highest BCUT2D eigenvalue weighted by molar-refractivity contribution is 6.81. The largest absolute Gasteiger partial charge is 0.541 e. The molecule has 0 bridgehead atoms. The van der Waals surface area contributed by atoms with Crippen LogP contribution in [-0.2, 0) is 4.65 Å². The highest BCUT2D eigenvalue weighted by atomic mass is 19.2. The monoisotopic (exact) mass is 417 g/mol. The Morgan fingerprint density at radius 3 is 1.11 bits per heavy atom. The number of nitrogens with one attached hydrogen (secondary N) is 1. The van der Waals surface area contributed by atoms with Crippen LogP contribution in [0.4, 0.5) is 43.9 Å². The third-order valence-corrected chi connectivity index (χ3v) is 3.59. The molecule has 2 aromatic rings. The zero-order chi connectivity index (χ0) is 21.5. The Morgan fingerprint density at radius 2 is 0.857 bits per heavy atom. The molecule has 28 heavy (non-hydrogen) atoms. The second-order valence-corrected chi connectivity index (χ2v) is 5.24. The van der Waals surface area contributed by atoms with Gasteiger partial charge >= 0.3 is 6.92 Å². The van der Waals surface area contributed by atoms with E-state index in [2.05, 4.69) is 4.65 Å². The van der Waals surface area contributed by atoms with Gasteiger partial charge in [-0.1, -0.05) is 6.92 Å². The summed E-state index contributed by atoms with van der Waals surface area (Å²) in [5, 5.41) is 7.31. The number of halogens is 10. The lowest BCUT2D eigenvalue weighted by molar-refractivity contribution is 0.379. The minimum atomic E-state index is -3.04. The predicted octanol–water partition coefficient (Wildman–Crippen LogP) is 3.59. The Labute approximate surface area is 150 Å². The summed E-state index contributed by atoms with van der Waals surface area (Å²) in [6.07, 6.45) is -0.415. The molecule has 0 amide bonds. The fourth-order valence-electron chi connectivity index (χ4n) is 2.19. The molecule has 2 nitrogen and oxygen atoms in total. The van der Waals surface area contributed by atoms with Crippen LogP contribution in [0.5, 0.6) is 0 Å². The maximum atomic E-state index is 14.1. The van der Waals surface area contributed by atoms with Crippen LogP contribution in [0, 0.1) is 63.6 Å². The predicted molar refractivity (Wildman–Crippen MR) is 76.6 cm³/mol. The van der Waals surface area contributed by atoms with Crippen molar-refractivity contribution >= 4 is 23.7 Å². The van der Waals surface area contributed by atoms with E-state index >= 15 is 0 Å². The Kier molecular flexibility index (Phi) is 5.95. The van der Waals surface area contributed by atoms with Gasteiger partial charge in [0, 0.05) is 17.3 Å². The molecule has 0 aliphatic heterocycles. The summed E-state index contributed by atoms with van der Waals surface area (Å²) in [7, 11) is 0. The van der Waals surface area contributed by atoms with Crippen LogP contribution >= 0.6 is 0 Å².